The molecule has 0 radical (unpaired) electrons. The molecule has 0 aliphatic carbocycles. The van der Waals surface area contributed by atoms with Crippen LogP contribution in [0.3, 0.4) is 0 Å². The van der Waals surface area contributed by atoms with Gasteiger partial charge >= 0.3 is 0 Å². The standard InChI is InChI=1S/C9H19N3O/c10-8(4-2-6-13)7-3-1-5-12-9(7)11/h7-8,13H,1-6,10H2,(H2,11,12). The van der Waals surface area contributed by atoms with E-state index in [0.29, 0.717) is 5.84 Å². The summed E-state index contributed by atoms with van der Waals surface area (Å²) in [5.41, 5.74) is 11.7. The molecule has 1 aliphatic rings. The fourth-order valence-electron chi connectivity index (χ4n) is 1.75. The minimum absolute atomic E-state index is 0.0659. The monoisotopic (exact) mass is 185 g/mol. The zero-order valence-corrected chi connectivity index (χ0v) is 7.95. The molecule has 2 unspecified atom stereocenters. The third-order valence-electron chi connectivity index (χ3n) is 2.56. The molecule has 13 heavy (non-hydrogen) atoms. The van der Waals surface area contributed by atoms with Crippen LogP contribution in [0.25, 0.3) is 0 Å². The van der Waals surface area contributed by atoms with Gasteiger partial charge in [0, 0.05) is 25.1 Å². The highest BCUT2D eigenvalue weighted by Gasteiger charge is 2.22. The number of nitrogens with zero attached hydrogens (tertiary/aromatic N) is 1. The molecule has 2 atom stereocenters. The van der Waals surface area contributed by atoms with E-state index < -0.39 is 0 Å². The Labute approximate surface area is 79.0 Å². The Balaban J connectivity index is 2.40. The van der Waals surface area contributed by atoms with E-state index in [1.165, 1.54) is 0 Å². The summed E-state index contributed by atoms with van der Waals surface area (Å²) in [6.45, 7) is 1.05. The maximum Gasteiger partial charge on any atom is 0.0984 e. The first kappa shape index (κ1) is 10.5. The summed E-state index contributed by atoms with van der Waals surface area (Å²) in [6, 6.07) is 0.0659. The van der Waals surface area contributed by atoms with Crippen LogP contribution in [-0.4, -0.2) is 30.1 Å². The maximum absolute atomic E-state index is 8.66. The number of rotatable bonds is 4. The van der Waals surface area contributed by atoms with Gasteiger partial charge in [0.05, 0.1) is 5.84 Å². The molecule has 1 rings (SSSR count). The van der Waals surface area contributed by atoms with Crippen LogP contribution in [0.1, 0.15) is 25.7 Å². The number of nitrogens with two attached hydrogens (primary N) is 2. The van der Waals surface area contributed by atoms with E-state index in [1.807, 2.05) is 0 Å². The van der Waals surface area contributed by atoms with E-state index in [4.69, 9.17) is 16.6 Å². The Morgan fingerprint density at radius 3 is 3.00 bits per heavy atom. The molecule has 0 amide bonds. The van der Waals surface area contributed by atoms with Gasteiger partial charge in [-0.3, -0.25) is 4.99 Å². The van der Waals surface area contributed by atoms with E-state index in [2.05, 4.69) is 4.99 Å². The highest BCUT2D eigenvalue weighted by Crippen LogP contribution is 2.17. The Morgan fingerprint density at radius 2 is 2.38 bits per heavy atom. The fourth-order valence-corrected chi connectivity index (χ4v) is 1.75. The van der Waals surface area contributed by atoms with Crippen molar-refractivity contribution in [2.45, 2.75) is 31.7 Å². The minimum atomic E-state index is 0.0659. The molecule has 76 valence electrons. The Kier molecular flexibility index (Phi) is 4.18. The Bertz CT molecular complexity index is 182. The Hall–Kier alpha value is -0.610. The van der Waals surface area contributed by atoms with Gasteiger partial charge in [0.25, 0.3) is 0 Å². The number of aliphatic hydroxyl groups is 1. The first-order chi connectivity index (χ1) is 6.25. The largest absolute Gasteiger partial charge is 0.396 e. The molecule has 0 bridgehead atoms. The number of aliphatic imine (C=N–C) groups is 1. The molecule has 1 aliphatic heterocycles. The van der Waals surface area contributed by atoms with Crippen LogP contribution in [0, 0.1) is 5.92 Å². The number of hydrogen-bond donors (Lipinski definition) is 3. The summed E-state index contributed by atoms with van der Waals surface area (Å²) in [7, 11) is 0. The quantitative estimate of drug-likeness (QED) is 0.569. The number of amidine groups is 1. The molecular formula is C9H19N3O. The summed E-state index contributed by atoms with van der Waals surface area (Å²) in [5, 5.41) is 8.66. The summed E-state index contributed by atoms with van der Waals surface area (Å²) in [4.78, 5) is 4.19. The second kappa shape index (κ2) is 5.19. The van der Waals surface area contributed by atoms with E-state index in [-0.39, 0.29) is 18.6 Å². The van der Waals surface area contributed by atoms with Crippen molar-refractivity contribution >= 4 is 5.84 Å². The second-order valence-electron chi connectivity index (χ2n) is 3.58. The van der Waals surface area contributed by atoms with Gasteiger partial charge in [0.1, 0.15) is 0 Å². The third kappa shape index (κ3) is 2.97. The van der Waals surface area contributed by atoms with Gasteiger partial charge < -0.3 is 16.6 Å². The highest BCUT2D eigenvalue weighted by molar-refractivity contribution is 5.84. The Morgan fingerprint density at radius 1 is 1.62 bits per heavy atom. The van der Waals surface area contributed by atoms with Crippen LogP contribution < -0.4 is 11.5 Å². The van der Waals surface area contributed by atoms with Crippen molar-refractivity contribution in [2.24, 2.45) is 22.4 Å². The van der Waals surface area contributed by atoms with Gasteiger partial charge in [0.15, 0.2) is 0 Å². The highest BCUT2D eigenvalue weighted by atomic mass is 16.2. The van der Waals surface area contributed by atoms with E-state index in [9.17, 15) is 0 Å². The summed E-state index contributed by atoms with van der Waals surface area (Å²) < 4.78 is 0. The van der Waals surface area contributed by atoms with Crippen LogP contribution in [0.4, 0.5) is 0 Å². The predicted octanol–water partition coefficient (Wildman–Crippen LogP) is -0.147. The molecule has 0 saturated carbocycles. The summed E-state index contributed by atoms with van der Waals surface area (Å²) >= 11 is 0. The van der Waals surface area contributed by atoms with Crippen LogP contribution in [-0.2, 0) is 0 Å². The van der Waals surface area contributed by atoms with E-state index in [1.54, 1.807) is 0 Å². The van der Waals surface area contributed by atoms with E-state index in [0.717, 1.165) is 32.2 Å². The first-order valence-corrected chi connectivity index (χ1v) is 4.92. The van der Waals surface area contributed by atoms with Crippen molar-refractivity contribution in [3.8, 4) is 0 Å². The van der Waals surface area contributed by atoms with Crippen molar-refractivity contribution in [3.05, 3.63) is 0 Å². The van der Waals surface area contributed by atoms with Crippen molar-refractivity contribution < 1.29 is 5.11 Å². The maximum atomic E-state index is 8.66. The molecule has 4 nitrogen and oxygen atoms in total. The van der Waals surface area contributed by atoms with Crippen molar-refractivity contribution in [2.75, 3.05) is 13.2 Å². The second-order valence-corrected chi connectivity index (χ2v) is 3.58. The molecule has 0 saturated heterocycles. The van der Waals surface area contributed by atoms with Gasteiger partial charge in [-0.2, -0.15) is 0 Å². The summed E-state index contributed by atoms with van der Waals surface area (Å²) in [6.07, 6.45) is 3.71. The number of hydrogen-bond acceptors (Lipinski definition) is 4. The topological polar surface area (TPSA) is 84.6 Å². The van der Waals surface area contributed by atoms with Gasteiger partial charge in [-0.1, -0.05) is 0 Å². The molecule has 4 heteroatoms. The van der Waals surface area contributed by atoms with E-state index >= 15 is 0 Å². The first-order valence-electron chi connectivity index (χ1n) is 4.92. The van der Waals surface area contributed by atoms with Crippen LogP contribution in [0.2, 0.25) is 0 Å². The average Bonchev–Trinajstić information content (AvgIpc) is 2.15. The zero-order chi connectivity index (χ0) is 9.68. The minimum Gasteiger partial charge on any atom is -0.396 e. The van der Waals surface area contributed by atoms with Crippen molar-refractivity contribution in [1.29, 1.82) is 0 Å². The smallest absolute Gasteiger partial charge is 0.0984 e. The molecule has 5 N–H and O–H groups in total. The lowest BCUT2D eigenvalue weighted by Gasteiger charge is -2.26. The molecular weight excluding hydrogens is 166 g/mol. The molecule has 0 fully saturated rings. The van der Waals surface area contributed by atoms with Gasteiger partial charge in [-0.05, 0) is 25.7 Å². The lowest BCUT2D eigenvalue weighted by molar-refractivity contribution is 0.273. The fraction of sp³-hybridized carbons (Fsp3) is 0.889. The van der Waals surface area contributed by atoms with Crippen molar-refractivity contribution in [3.63, 3.8) is 0 Å². The zero-order valence-electron chi connectivity index (χ0n) is 7.95. The van der Waals surface area contributed by atoms with Gasteiger partial charge in [0.2, 0.25) is 0 Å². The van der Waals surface area contributed by atoms with Gasteiger partial charge in [-0.25, -0.2) is 0 Å². The lowest BCUT2D eigenvalue weighted by atomic mass is 9.89. The number of aliphatic hydroxyl groups excluding tert-OH is 1. The SMILES string of the molecule is NC1=NCCCC1C(N)CCCO. The predicted molar refractivity (Wildman–Crippen MR) is 53.5 cm³/mol. The van der Waals surface area contributed by atoms with Crippen LogP contribution >= 0.6 is 0 Å². The summed E-state index contributed by atoms with van der Waals surface area (Å²) in [5.74, 6) is 0.942. The van der Waals surface area contributed by atoms with Gasteiger partial charge in [-0.15, -0.1) is 0 Å². The van der Waals surface area contributed by atoms with Crippen LogP contribution in [0.5, 0.6) is 0 Å². The van der Waals surface area contributed by atoms with Crippen LogP contribution in [0.15, 0.2) is 4.99 Å². The lowest BCUT2D eigenvalue weighted by Crippen LogP contribution is -2.41. The molecule has 0 aromatic heterocycles. The molecule has 0 aromatic carbocycles. The third-order valence-corrected chi connectivity index (χ3v) is 2.56. The normalized spacial score (nSPS) is 25.4. The van der Waals surface area contributed by atoms with Crippen molar-refractivity contribution in [1.82, 2.24) is 0 Å². The molecule has 0 spiro atoms. The average molecular weight is 185 g/mol. The molecule has 1 heterocycles. The molecule has 0 aromatic rings.